The highest BCUT2D eigenvalue weighted by Gasteiger charge is 2.51. The SMILES string of the molecule is CC(=O)N[C@H]1[C@@H](OCCNC(=O)c2ccc(-c3c4ccc(=[N+](C)C)cc-4oc4cc(N(C)C)ccc34)c(C(=O)[O-])c2)O[C@H](CO)[C@H](O)[C@@H]1O[C@@H]1O[C@H](CO)[C@H](O)[C@H](O)[C@H]1O. The lowest BCUT2D eigenvalue weighted by Crippen LogP contribution is -2.68. The van der Waals surface area contributed by atoms with Gasteiger partial charge in [-0.05, 0) is 35.9 Å². The molecule has 0 spiro atoms. The van der Waals surface area contributed by atoms with Crippen molar-refractivity contribution < 1.29 is 73.5 Å². The van der Waals surface area contributed by atoms with Crippen LogP contribution in [-0.2, 0) is 23.7 Å². The van der Waals surface area contributed by atoms with Gasteiger partial charge in [0.05, 0.1) is 31.9 Å². The summed E-state index contributed by atoms with van der Waals surface area (Å²) in [4.78, 5) is 40.4. The second-order valence-corrected chi connectivity index (χ2v) is 15.0. The molecule has 0 unspecified atom stereocenters. The number of hydrogen-bond donors (Lipinski definition) is 8. The number of aromatic carboxylic acids is 1. The van der Waals surface area contributed by atoms with Gasteiger partial charge in [0.15, 0.2) is 12.6 Å². The maximum absolute atomic E-state index is 13.4. The molecule has 0 radical (unpaired) electrons. The number of anilines is 1. The Bertz CT molecular complexity index is 2240. The molecule has 2 amide bonds. The van der Waals surface area contributed by atoms with Crippen LogP contribution in [0, 0.1) is 0 Å². The van der Waals surface area contributed by atoms with Crippen LogP contribution in [0.5, 0.6) is 0 Å². The largest absolute Gasteiger partial charge is 0.545 e. The Hall–Kier alpha value is -5.06. The Kier molecular flexibility index (Phi) is 13.9. The highest BCUT2D eigenvalue weighted by molar-refractivity contribution is 6.09. The molecule has 2 fully saturated rings. The molecule has 0 bridgehead atoms. The molecule has 10 atom stereocenters. The summed E-state index contributed by atoms with van der Waals surface area (Å²) >= 11 is 0. The van der Waals surface area contributed by atoms with E-state index in [9.17, 15) is 50.1 Å². The molecule has 60 heavy (non-hydrogen) atoms. The summed E-state index contributed by atoms with van der Waals surface area (Å²) < 4.78 is 31.1. The Labute approximate surface area is 343 Å². The molecule has 19 nitrogen and oxygen atoms in total. The van der Waals surface area contributed by atoms with Crippen LogP contribution in [0.15, 0.2) is 59.0 Å². The van der Waals surface area contributed by atoms with Gasteiger partial charge in [0, 0.05) is 73.0 Å². The summed E-state index contributed by atoms with van der Waals surface area (Å²) in [5, 5.41) is 81.1. The van der Waals surface area contributed by atoms with E-state index in [1.807, 2.05) is 74.1 Å². The number of carboxylic acid groups (broad SMARTS) is 1. The van der Waals surface area contributed by atoms with Crippen LogP contribution in [0.25, 0.3) is 33.4 Å². The van der Waals surface area contributed by atoms with Crippen LogP contribution in [0.1, 0.15) is 27.6 Å². The fourth-order valence-electron chi connectivity index (χ4n) is 7.32. The van der Waals surface area contributed by atoms with Crippen LogP contribution in [-0.4, -0.2) is 164 Å². The predicted octanol–water partition coefficient (Wildman–Crippen LogP) is -2.82. The number of hydrogen-bond acceptors (Lipinski definition) is 16. The lowest BCUT2D eigenvalue weighted by Gasteiger charge is -2.47. The van der Waals surface area contributed by atoms with Crippen LogP contribution in [0.2, 0.25) is 0 Å². The summed E-state index contributed by atoms with van der Waals surface area (Å²) in [6.07, 6.45) is -14.3. The van der Waals surface area contributed by atoms with E-state index in [0.29, 0.717) is 33.4 Å². The second-order valence-electron chi connectivity index (χ2n) is 15.0. The first-order valence-corrected chi connectivity index (χ1v) is 19.2. The fraction of sp³-hybridized carbons (Fsp3) is 0.463. The van der Waals surface area contributed by atoms with Crippen molar-refractivity contribution in [2.75, 3.05) is 59.5 Å². The number of benzene rings is 3. The zero-order valence-corrected chi connectivity index (χ0v) is 33.6. The zero-order valence-electron chi connectivity index (χ0n) is 33.6. The summed E-state index contributed by atoms with van der Waals surface area (Å²) in [7, 11) is 7.57. The van der Waals surface area contributed by atoms with Gasteiger partial charge in [-0.25, -0.2) is 4.58 Å². The number of rotatable bonds is 13. The normalized spacial score (nSPS) is 26.8. The van der Waals surface area contributed by atoms with Gasteiger partial charge in [-0.1, -0.05) is 6.07 Å². The van der Waals surface area contributed by atoms with E-state index < -0.39 is 92.3 Å². The average Bonchev–Trinajstić information content (AvgIpc) is 3.22. The van der Waals surface area contributed by atoms with Crippen molar-refractivity contribution in [2.24, 2.45) is 0 Å². The molecule has 6 rings (SSSR count). The summed E-state index contributed by atoms with van der Waals surface area (Å²) in [5.41, 5.74) is 2.65. The van der Waals surface area contributed by atoms with Crippen LogP contribution in [0.3, 0.4) is 0 Å². The number of nitrogens with one attached hydrogen (secondary N) is 2. The number of carbonyl (C=O) groups is 3. The molecule has 0 saturated carbocycles. The van der Waals surface area contributed by atoms with Crippen molar-refractivity contribution in [1.29, 1.82) is 0 Å². The Morgan fingerprint density at radius 1 is 0.850 bits per heavy atom. The highest BCUT2D eigenvalue weighted by Crippen LogP contribution is 2.42. The number of carboxylic acids is 1. The third kappa shape index (κ3) is 9.15. The average molecular weight is 839 g/mol. The van der Waals surface area contributed by atoms with Crippen LogP contribution < -0.4 is 30.6 Å². The maximum atomic E-state index is 13.4. The zero-order chi connectivity index (χ0) is 43.6. The molecule has 19 heteroatoms. The summed E-state index contributed by atoms with van der Waals surface area (Å²) in [5.74, 6) is -2.27. The molecule has 0 aromatic heterocycles. The topological polar surface area (TPSA) is 276 Å². The van der Waals surface area contributed by atoms with Gasteiger partial charge in [-0.15, -0.1) is 0 Å². The quantitative estimate of drug-likeness (QED) is 0.0383. The Morgan fingerprint density at radius 2 is 1.53 bits per heavy atom. The third-order valence-corrected chi connectivity index (χ3v) is 10.5. The maximum Gasteiger partial charge on any atom is 0.251 e. The van der Waals surface area contributed by atoms with E-state index in [0.717, 1.165) is 11.0 Å². The van der Waals surface area contributed by atoms with E-state index in [1.54, 1.807) is 0 Å². The molecular weight excluding hydrogens is 788 g/mol. The van der Waals surface area contributed by atoms with Crippen LogP contribution >= 0.6 is 0 Å². The van der Waals surface area contributed by atoms with Crippen molar-refractivity contribution in [3.8, 4) is 22.5 Å². The van der Waals surface area contributed by atoms with Crippen molar-refractivity contribution in [2.45, 2.75) is 68.3 Å². The van der Waals surface area contributed by atoms with E-state index >= 15 is 0 Å². The molecular formula is C41H50N4O15. The molecule has 3 heterocycles. The number of amides is 2. The Morgan fingerprint density at radius 3 is 2.18 bits per heavy atom. The molecule has 2 aromatic carbocycles. The second kappa shape index (κ2) is 18.7. The van der Waals surface area contributed by atoms with Crippen molar-refractivity contribution in [1.82, 2.24) is 15.2 Å². The molecule has 1 aliphatic carbocycles. The minimum absolute atomic E-state index is 0.00142. The van der Waals surface area contributed by atoms with Crippen LogP contribution in [0.4, 0.5) is 5.69 Å². The highest BCUT2D eigenvalue weighted by atomic mass is 16.7. The minimum atomic E-state index is -1.85. The molecule has 3 aliphatic heterocycles. The number of aliphatic hydroxyl groups is 6. The van der Waals surface area contributed by atoms with Gasteiger partial charge in [0.1, 0.15) is 74.2 Å². The lowest BCUT2D eigenvalue weighted by molar-refractivity contribution is -0.344. The first-order chi connectivity index (χ1) is 28.5. The van der Waals surface area contributed by atoms with Crippen molar-refractivity contribution >= 4 is 34.4 Å². The molecule has 324 valence electrons. The van der Waals surface area contributed by atoms with E-state index in [1.165, 1.54) is 25.1 Å². The van der Waals surface area contributed by atoms with Gasteiger partial charge in [-0.3, -0.25) is 9.59 Å². The first kappa shape index (κ1) is 44.5. The monoisotopic (exact) mass is 838 g/mol. The van der Waals surface area contributed by atoms with Crippen molar-refractivity contribution in [3.63, 3.8) is 0 Å². The van der Waals surface area contributed by atoms with Gasteiger partial charge >= 0.3 is 0 Å². The summed E-state index contributed by atoms with van der Waals surface area (Å²) in [6.45, 7) is -0.767. The van der Waals surface area contributed by atoms with Gasteiger partial charge in [0.25, 0.3) is 5.91 Å². The van der Waals surface area contributed by atoms with E-state index in [-0.39, 0.29) is 24.3 Å². The standard InChI is InChI=1S/C41H50N4O15/c1-19(48)43-32-37(60-41-36(52)35(51)33(49)29(17-46)59-41)34(50)30(18-47)58-40(32)56-13-12-42-38(53)20-6-9-23(26(14-20)39(54)55)31-24-10-7-21(44(2)3)15-27(24)57-28-16-22(45(4)5)8-11-25(28)31/h6-11,14-16,29-30,32-37,40-41,46-47,49-52H,12-13,17-18H2,1-5H3,(H2-,42,43,48,53,54,55)/t29-,30-,32-,33+,34+,35+,36-,37-,40+,41+/m1/s1. The van der Waals surface area contributed by atoms with Crippen molar-refractivity contribution in [3.05, 3.63) is 71.1 Å². The number of carbonyl (C=O) groups excluding carboxylic acids is 3. The number of nitrogens with zero attached hydrogens (tertiary/aromatic N) is 2. The summed E-state index contributed by atoms with van der Waals surface area (Å²) in [6, 6.07) is 14.1. The van der Waals surface area contributed by atoms with Gasteiger partial charge < -0.3 is 79.4 Å². The smallest absolute Gasteiger partial charge is 0.251 e. The fourth-order valence-corrected chi connectivity index (χ4v) is 7.32. The number of aliphatic hydroxyl groups excluding tert-OH is 6. The predicted molar refractivity (Wildman–Crippen MR) is 210 cm³/mol. The molecule has 8 N–H and O–H groups in total. The Balaban J connectivity index is 1.22. The molecule has 2 saturated heterocycles. The van der Waals surface area contributed by atoms with Gasteiger partial charge in [0.2, 0.25) is 11.3 Å². The molecule has 2 aromatic rings. The number of ether oxygens (including phenoxy) is 4. The van der Waals surface area contributed by atoms with Gasteiger partial charge in [-0.2, -0.15) is 0 Å². The molecule has 4 aliphatic rings. The minimum Gasteiger partial charge on any atom is -0.545 e. The van der Waals surface area contributed by atoms with E-state index in [2.05, 4.69) is 10.6 Å². The first-order valence-electron chi connectivity index (χ1n) is 19.2. The number of fused-ring (bicyclic) bond motifs is 2. The third-order valence-electron chi connectivity index (χ3n) is 10.5. The van der Waals surface area contributed by atoms with E-state index in [4.69, 9.17) is 23.4 Å². The lowest BCUT2D eigenvalue weighted by atomic mass is 9.89.